The number of nitrogens with one attached hydrogen (secondary N) is 2. The van der Waals surface area contributed by atoms with Gasteiger partial charge in [0.25, 0.3) is 10.0 Å². The Kier molecular flexibility index (Phi) is 9.02. The molecule has 0 atom stereocenters. The molecule has 0 unspecified atom stereocenters. The number of fused-ring (bicyclic) bond motifs is 1. The maximum Gasteiger partial charge on any atom is 0.387 e. The summed E-state index contributed by atoms with van der Waals surface area (Å²) in [6.07, 6.45) is 6.85. The van der Waals surface area contributed by atoms with E-state index in [4.69, 9.17) is 9.97 Å². The molecule has 4 aromatic rings. The highest BCUT2D eigenvalue weighted by molar-refractivity contribution is 7.92. The molecule has 43 heavy (non-hydrogen) atoms. The molecule has 1 aromatic carbocycles. The van der Waals surface area contributed by atoms with E-state index >= 15 is 0 Å². The number of ether oxygens (including phenoxy) is 1. The monoisotopic (exact) mass is 611 g/mol. The van der Waals surface area contributed by atoms with Crippen LogP contribution in [0.1, 0.15) is 43.9 Å². The molecule has 1 saturated carbocycles. The summed E-state index contributed by atoms with van der Waals surface area (Å²) in [5, 5.41) is 3.51. The molecule has 0 amide bonds. The van der Waals surface area contributed by atoms with Crippen LogP contribution in [0.25, 0.3) is 22.3 Å². The molecule has 3 aromatic heterocycles. The average molecular weight is 612 g/mol. The standard InChI is InChI=1S/C30H35F2N7O3S/c1-5-19-16-23(36-24-17-33-30(37-28(19)24)35-20-10-12-21(13-11-20)39(3)4)22-14-15-27(34-18(22)2)38-43(40,41)26-9-7-6-8-25(26)42-29(31)32/h6-9,14-17,20-21,29H,5,10-13H2,1-4H3,(H,34,38)(H,33,35,37)/t20-,21-. The van der Waals surface area contributed by atoms with Crippen molar-refractivity contribution in [3.8, 4) is 17.0 Å². The summed E-state index contributed by atoms with van der Waals surface area (Å²) < 4.78 is 58.3. The fourth-order valence-corrected chi connectivity index (χ4v) is 6.57. The number of hydrogen-bond acceptors (Lipinski definition) is 9. The topological polar surface area (TPSA) is 122 Å². The van der Waals surface area contributed by atoms with Crippen molar-refractivity contribution in [2.24, 2.45) is 0 Å². The Balaban J connectivity index is 1.37. The Morgan fingerprint density at radius 2 is 1.79 bits per heavy atom. The van der Waals surface area contributed by atoms with Gasteiger partial charge in [-0.05, 0) is 89.0 Å². The number of benzene rings is 1. The molecule has 228 valence electrons. The SMILES string of the molecule is CCc1cc(-c2ccc(NS(=O)(=O)c3ccccc3OC(F)F)nc2C)nc2cnc(N[C@H]3CC[C@H](N(C)C)CC3)nc12. The Hall–Kier alpha value is -3.97. The number of aromatic nitrogens is 4. The predicted molar refractivity (Wildman–Crippen MR) is 162 cm³/mol. The van der Waals surface area contributed by atoms with Gasteiger partial charge >= 0.3 is 6.61 Å². The Morgan fingerprint density at radius 1 is 1.05 bits per heavy atom. The van der Waals surface area contributed by atoms with Crippen molar-refractivity contribution in [3.05, 3.63) is 59.9 Å². The fraction of sp³-hybridized carbons (Fsp3) is 0.400. The lowest BCUT2D eigenvalue weighted by Gasteiger charge is -2.32. The first-order valence-electron chi connectivity index (χ1n) is 14.2. The zero-order chi connectivity index (χ0) is 30.7. The second-order valence-corrected chi connectivity index (χ2v) is 12.5. The van der Waals surface area contributed by atoms with Crippen LogP contribution in [0.15, 0.2) is 53.6 Å². The summed E-state index contributed by atoms with van der Waals surface area (Å²) in [5.74, 6) is 0.173. The lowest BCUT2D eigenvalue weighted by atomic mass is 9.91. The van der Waals surface area contributed by atoms with Gasteiger partial charge in [0, 0.05) is 23.3 Å². The highest BCUT2D eigenvalue weighted by atomic mass is 32.2. The molecule has 1 aliphatic rings. The van der Waals surface area contributed by atoms with Crippen molar-refractivity contribution in [3.63, 3.8) is 0 Å². The summed E-state index contributed by atoms with van der Waals surface area (Å²) in [5.41, 5.74) is 4.33. The number of nitrogens with zero attached hydrogens (tertiary/aromatic N) is 5. The number of pyridine rings is 2. The van der Waals surface area contributed by atoms with Gasteiger partial charge in [-0.1, -0.05) is 19.1 Å². The Labute approximate surface area is 250 Å². The largest absolute Gasteiger partial charge is 0.433 e. The molecular weight excluding hydrogens is 576 g/mol. The van der Waals surface area contributed by atoms with Crippen LogP contribution in [-0.4, -0.2) is 66.0 Å². The minimum atomic E-state index is -4.26. The van der Waals surface area contributed by atoms with Gasteiger partial charge < -0.3 is 15.0 Å². The van der Waals surface area contributed by atoms with E-state index < -0.39 is 27.3 Å². The maximum atomic E-state index is 13.0. The molecule has 0 radical (unpaired) electrons. The molecular formula is C30H35F2N7O3S. The third kappa shape index (κ3) is 6.99. The zero-order valence-electron chi connectivity index (χ0n) is 24.5. The Morgan fingerprint density at radius 3 is 2.47 bits per heavy atom. The fourth-order valence-electron chi connectivity index (χ4n) is 5.43. The van der Waals surface area contributed by atoms with E-state index in [0.29, 0.717) is 40.5 Å². The smallest absolute Gasteiger partial charge is 0.387 e. The van der Waals surface area contributed by atoms with Gasteiger partial charge in [0.15, 0.2) is 0 Å². The molecule has 2 N–H and O–H groups in total. The first-order chi connectivity index (χ1) is 20.5. The molecule has 5 rings (SSSR count). The van der Waals surface area contributed by atoms with E-state index in [9.17, 15) is 17.2 Å². The van der Waals surface area contributed by atoms with Gasteiger partial charge in [-0.15, -0.1) is 0 Å². The maximum absolute atomic E-state index is 13.0. The van der Waals surface area contributed by atoms with Crippen LogP contribution in [0.4, 0.5) is 20.5 Å². The van der Waals surface area contributed by atoms with E-state index in [-0.39, 0.29) is 5.82 Å². The number of rotatable bonds is 10. The van der Waals surface area contributed by atoms with Crippen molar-refractivity contribution < 1.29 is 21.9 Å². The summed E-state index contributed by atoms with van der Waals surface area (Å²) >= 11 is 0. The number of para-hydroxylation sites is 1. The number of halogens is 2. The summed E-state index contributed by atoms with van der Waals surface area (Å²) in [4.78, 5) is 20.5. The second-order valence-electron chi connectivity index (χ2n) is 10.8. The molecule has 1 fully saturated rings. The van der Waals surface area contributed by atoms with Crippen LogP contribution < -0.4 is 14.8 Å². The highest BCUT2D eigenvalue weighted by Crippen LogP contribution is 2.30. The number of alkyl halides is 2. The van der Waals surface area contributed by atoms with Crippen LogP contribution >= 0.6 is 0 Å². The molecule has 0 spiro atoms. The molecule has 13 heteroatoms. The number of aryl methyl sites for hydroxylation is 2. The Bertz CT molecular complexity index is 1710. The zero-order valence-corrected chi connectivity index (χ0v) is 25.3. The van der Waals surface area contributed by atoms with E-state index in [1.54, 1.807) is 19.2 Å². The predicted octanol–water partition coefficient (Wildman–Crippen LogP) is 5.64. The van der Waals surface area contributed by atoms with Crippen LogP contribution in [-0.2, 0) is 16.4 Å². The average Bonchev–Trinajstić information content (AvgIpc) is 2.96. The normalized spacial score (nSPS) is 17.4. The van der Waals surface area contributed by atoms with Gasteiger partial charge in [0.1, 0.15) is 22.0 Å². The number of hydrogen-bond donors (Lipinski definition) is 2. The van der Waals surface area contributed by atoms with Gasteiger partial charge in [0.2, 0.25) is 5.95 Å². The van der Waals surface area contributed by atoms with Gasteiger partial charge in [-0.3, -0.25) is 4.72 Å². The molecule has 3 heterocycles. The molecule has 0 saturated heterocycles. The van der Waals surface area contributed by atoms with Crippen molar-refractivity contribution in [1.29, 1.82) is 0 Å². The number of sulfonamides is 1. The third-order valence-electron chi connectivity index (χ3n) is 7.72. The first-order valence-corrected chi connectivity index (χ1v) is 15.7. The lowest BCUT2D eigenvalue weighted by Crippen LogP contribution is -2.36. The first kappa shape index (κ1) is 30.5. The quantitative estimate of drug-likeness (QED) is 0.234. The van der Waals surface area contributed by atoms with Crippen LogP contribution in [0, 0.1) is 6.92 Å². The minimum Gasteiger partial charge on any atom is -0.433 e. The summed E-state index contributed by atoms with van der Waals surface area (Å²) in [6.45, 7) is 0.627. The molecule has 0 bridgehead atoms. The lowest BCUT2D eigenvalue weighted by molar-refractivity contribution is -0.0517. The van der Waals surface area contributed by atoms with Crippen molar-refractivity contribution in [2.75, 3.05) is 24.1 Å². The van der Waals surface area contributed by atoms with Gasteiger partial charge in [-0.25, -0.2) is 28.4 Å². The van der Waals surface area contributed by atoms with Gasteiger partial charge in [-0.2, -0.15) is 8.78 Å². The second kappa shape index (κ2) is 12.7. The van der Waals surface area contributed by atoms with E-state index in [2.05, 4.69) is 50.7 Å². The van der Waals surface area contributed by atoms with E-state index in [1.165, 1.54) is 30.3 Å². The summed E-state index contributed by atoms with van der Waals surface area (Å²) in [7, 11) is 0.00107. The molecule has 1 aliphatic carbocycles. The van der Waals surface area contributed by atoms with E-state index in [0.717, 1.165) is 43.2 Å². The van der Waals surface area contributed by atoms with Crippen molar-refractivity contribution in [2.45, 2.75) is 69.5 Å². The van der Waals surface area contributed by atoms with Crippen LogP contribution in [0.3, 0.4) is 0 Å². The minimum absolute atomic E-state index is 0.0308. The van der Waals surface area contributed by atoms with Crippen molar-refractivity contribution in [1.82, 2.24) is 24.8 Å². The third-order valence-corrected chi connectivity index (χ3v) is 9.12. The summed E-state index contributed by atoms with van der Waals surface area (Å²) in [6, 6.07) is 11.3. The van der Waals surface area contributed by atoms with Crippen molar-refractivity contribution >= 4 is 32.8 Å². The molecule has 0 aliphatic heterocycles. The van der Waals surface area contributed by atoms with Crippen LogP contribution in [0.5, 0.6) is 5.75 Å². The van der Waals surface area contributed by atoms with Gasteiger partial charge in [0.05, 0.1) is 17.4 Å². The number of anilines is 2. The molecule has 10 nitrogen and oxygen atoms in total. The van der Waals surface area contributed by atoms with E-state index in [1.807, 2.05) is 6.07 Å². The highest BCUT2D eigenvalue weighted by Gasteiger charge is 2.24. The van der Waals surface area contributed by atoms with Crippen LogP contribution in [0.2, 0.25) is 0 Å².